The second kappa shape index (κ2) is 7.93. The van der Waals surface area contributed by atoms with E-state index in [1.54, 1.807) is 12.1 Å². The number of benzene rings is 1. The molecule has 0 aliphatic rings. The summed E-state index contributed by atoms with van der Waals surface area (Å²) in [7, 11) is 2.06. The summed E-state index contributed by atoms with van der Waals surface area (Å²) >= 11 is 0. The van der Waals surface area contributed by atoms with E-state index in [-0.39, 0.29) is 12.4 Å². The molecule has 0 spiro atoms. The van der Waals surface area contributed by atoms with Gasteiger partial charge in [-0.05, 0) is 30.7 Å². The SMILES string of the molecule is CC(C)CN(C)Cc1ccc(F)c(C#CCCO)c1. The molecule has 19 heavy (non-hydrogen) atoms. The maximum Gasteiger partial charge on any atom is 0.138 e. The Hall–Kier alpha value is -1.37. The molecule has 0 amide bonds. The lowest BCUT2D eigenvalue weighted by molar-refractivity contribution is 0.288. The van der Waals surface area contributed by atoms with Gasteiger partial charge in [-0.2, -0.15) is 0 Å². The smallest absolute Gasteiger partial charge is 0.138 e. The number of rotatable bonds is 5. The molecule has 0 aliphatic carbocycles. The van der Waals surface area contributed by atoms with E-state index in [9.17, 15) is 4.39 Å². The standard InChI is InChI=1S/C16H22FNO/c1-13(2)11-18(3)12-14-7-8-16(17)15(10-14)6-4-5-9-19/h7-8,10,13,19H,5,9,11-12H2,1-3H3. The predicted molar refractivity (Wildman–Crippen MR) is 76.2 cm³/mol. The molecule has 0 unspecified atom stereocenters. The first-order valence-corrected chi connectivity index (χ1v) is 6.59. The zero-order chi connectivity index (χ0) is 14.3. The van der Waals surface area contributed by atoms with Crippen molar-refractivity contribution >= 4 is 0 Å². The third kappa shape index (κ3) is 5.87. The van der Waals surface area contributed by atoms with Crippen LogP contribution in [0, 0.1) is 23.6 Å². The van der Waals surface area contributed by atoms with Gasteiger partial charge in [-0.15, -0.1) is 0 Å². The number of nitrogens with zero attached hydrogens (tertiary/aromatic N) is 1. The van der Waals surface area contributed by atoms with E-state index >= 15 is 0 Å². The van der Waals surface area contributed by atoms with E-state index < -0.39 is 0 Å². The predicted octanol–water partition coefficient (Wildman–Crippen LogP) is 2.65. The number of halogens is 1. The van der Waals surface area contributed by atoms with Crippen molar-refractivity contribution in [2.75, 3.05) is 20.2 Å². The maximum atomic E-state index is 13.6. The summed E-state index contributed by atoms with van der Waals surface area (Å²) in [5, 5.41) is 8.67. The molecule has 0 atom stereocenters. The lowest BCUT2D eigenvalue weighted by Gasteiger charge is -2.19. The van der Waals surface area contributed by atoms with Crippen LogP contribution in [0.1, 0.15) is 31.4 Å². The second-order valence-electron chi connectivity index (χ2n) is 5.18. The molecule has 0 fully saturated rings. The Balaban J connectivity index is 2.76. The quantitative estimate of drug-likeness (QED) is 0.826. The fourth-order valence-corrected chi connectivity index (χ4v) is 1.98. The zero-order valence-electron chi connectivity index (χ0n) is 11.9. The fraction of sp³-hybridized carbons (Fsp3) is 0.500. The highest BCUT2D eigenvalue weighted by Crippen LogP contribution is 2.12. The summed E-state index contributed by atoms with van der Waals surface area (Å²) in [6, 6.07) is 5.04. The minimum Gasteiger partial charge on any atom is -0.395 e. The van der Waals surface area contributed by atoms with Crippen molar-refractivity contribution in [2.24, 2.45) is 5.92 Å². The van der Waals surface area contributed by atoms with Crippen LogP contribution < -0.4 is 0 Å². The first-order valence-electron chi connectivity index (χ1n) is 6.59. The molecule has 1 N–H and O–H groups in total. The molecule has 3 heteroatoms. The van der Waals surface area contributed by atoms with Gasteiger partial charge in [0.1, 0.15) is 5.82 Å². The fourth-order valence-electron chi connectivity index (χ4n) is 1.98. The first kappa shape index (κ1) is 15.7. The number of hydrogen-bond donors (Lipinski definition) is 1. The molecule has 0 radical (unpaired) electrons. The molecule has 1 aromatic rings. The van der Waals surface area contributed by atoms with Crippen molar-refractivity contribution in [1.29, 1.82) is 0 Å². The van der Waals surface area contributed by atoms with Gasteiger partial charge in [0.15, 0.2) is 0 Å². The summed E-state index contributed by atoms with van der Waals surface area (Å²) in [6.45, 7) is 6.14. The van der Waals surface area contributed by atoms with Crippen LogP contribution in [0.5, 0.6) is 0 Å². The van der Waals surface area contributed by atoms with Crippen LogP contribution in [0.25, 0.3) is 0 Å². The van der Waals surface area contributed by atoms with Crippen molar-refractivity contribution in [3.8, 4) is 11.8 Å². The van der Waals surface area contributed by atoms with E-state index in [0.717, 1.165) is 18.7 Å². The van der Waals surface area contributed by atoms with Crippen LogP contribution in [0.4, 0.5) is 4.39 Å². The van der Waals surface area contributed by atoms with Crippen molar-refractivity contribution < 1.29 is 9.50 Å². The minimum absolute atomic E-state index is 0.00539. The van der Waals surface area contributed by atoms with Crippen LogP contribution in [0.2, 0.25) is 0 Å². The van der Waals surface area contributed by atoms with Gasteiger partial charge in [0.05, 0.1) is 12.2 Å². The van der Waals surface area contributed by atoms with E-state index in [1.165, 1.54) is 6.07 Å². The molecule has 1 rings (SSSR count). The Labute approximate surface area is 115 Å². The summed E-state index contributed by atoms with van der Waals surface area (Å²) in [4.78, 5) is 2.21. The lowest BCUT2D eigenvalue weighted by atomic mass is 10.1. The lowest BCUT2D eigenvalue weighted by Crippen LogP contribution is -2.22. The molecule has 0 saturated carbocycles. The van der Waals surface area contributed by atoms with Gasteiger partial charge in [-0.1, -0.05) is 31.8 Å². The first-order chi connectivity index (χ1) is 9.02. The Morgan fingerprint density at radius 1 is 1.37 bits per heavy atom. The molecule has 0 heterocycles. The Morgan fingerprint density at radius 3 is 2.74 bits per heavy atom. The monoisotopic (exact) mass is 263 g/mol. The average molecular weight is 263 g/mol. The Kier molecular flexibility index (Phi) is 6.55. The van der Waals surface area contributed by atoms with Gasteiger partial charge in [-0.3, -0.25) is 0 Å². The van der Waals surface area contributed by atoms with Gasteiger partial charge in [-0.25, -0.2) is 4.39 Å². The van der Waals surface area contributed by atoms with Gasteiger partial charge in [0.25, 0.3) is 0 Å². The largest absolute Gasteiger partial charge is 0.395 e. The van der Waals surface area contributed by atoms with E-state index in [0.29, 0.717) is 17.9 Å². The van der Waals surface area contributed by atoms with Crippen molar-refractivity contribution in [3.05, 3.63) is 35.1 Å². The third-order valence-electron chi connectivity index (χ3n) is 2.62. The molecule has 104 valence electrons. The highest BCUT2D eigenvalue weighted by molar-refractivity contribution is 5.38. The number of aliphatic hydroxyl groups is 1. The van der Waals surface area contributed by atoms with E-state index in [2.05, 4.69) is 37.6 Å². The molecule has 1 aromatic carbocycles. The van der Waals surface area contributed by atoms with Gasteiger partial charge in [0.2, 0.25) is 0 Å². The van der Waals surface area contributed by atoms with Gasteiger partial charge in [0, 0.05) is 19.5 Å². The average Bonchev–Trinajstić information content (AvgIpc) is 2.32. The van der Waals surface area contributed by atoms with Crippen LogP contribution in [0.3, 0.4) is 0 Å². The molecule has 0 bridgehead atoms. The third-order valence-corrected chi connectivity index (χ3v) is 2.62. The van der Waals surface area contributed by atoms with Crippen molar-refractivity contribution in [2.45, 2.75) is 26.8 Å². The summed E-state index contributed by atoms with van der Waals surface area (Å²) in [6.07, 6.45) is 0.372. The van der Waals surface area contributed by atoms with Crippen molar-refractivity contribution in [3.63, 3.8) is 0 Å². The molecule has 0 aromatic heterocycles. The summed E-state index contributed by atoms with van der Waals surface area (Å²) < 4.78 is 13.6. The van der Waals surface area contributed by atoms with Crippen molar-refractivity contribution in [1.82, 2.24) is 4.90 Å². The topological polar surface area (TPSA) is 23.5 Å². The molecule has 2 nitrogen and oxygen atoms in total. The normalized spacial score (nSPS) is 10.7. The van der Waals surface area contributed by atoms with Crippen LogP contribution in [0.15, 0.2) is 18.2 Å². The van der Waals surface area contributed by atoms with Crippen LogP contribution in [-0.4, -0.2) is 30.2 Å². The Morgan fingerprint density at radius 2 is 2.11 bits per heavy atom. The second-order valence-corrected chi connectivity index (χ2v) is 5.18. The number of hydrogen-bond acceptors (Lipinski definition) is 2. The summed E-state index contributed by atoms with van der Waals surface area (Å²) in [5.74, 6) is 5.82. The van der Waals surface area contributed by atoms with Crippen LogP contribution in [-0.2, 0) is 6.54 Å². The molecule has 0 aliphatic heterocycles. The Bertz CT molecular complexity index is 460. The van der Waals surface area contributed by atoms with E-state index in [1.807, 2.05) is 0 Å². The highest BCUT2D eigenvalue weighted by atomic mass is 19.1. The van der Waals surface area contributed by atoms with Crippen LogP contribution >= 0.6 is 0 Å². The molecular weight excluding hydrogens is 241 g/mol. The highest BCUT2D eigenvalue weighted by Gasteiger charge is 2.05. The van der Waals surface area contributed by atoms with Gasteiger partial charge < -0.3 is 10.0 Å². The minimum atomic E-state index is -0.305. The number of aliphatic hydroxyl groups excluding tert-OH is 1. The van der Waals surface area contributed by atoms with Gasteiger partial charge >= 0.3 is 0 Å². The zero-order valence-corrected chi connectivity index (χ0v) is 11.9. The molecule has 0 saturated heterocycles. The molecular formula is C16H22FNO. The van der Waals surface area contributed by atoms with E-state index in [4.69, 9.17) is 5.11 Å². The maximum absolute atomic E-state index is 13.6. The summed E-state index contributed by atoms with van der Waals surface area (Å²) in [5.41, 5.74) is 1.46.